The molecule has 8 heterocycles. The average molecular weight is 1000 g/mol. The number of nitrogens with one attached hydrogen (secondary N) is 2. The number of nitrogens with zero attached hydrogens (tertiary/aromatic N) is 13. The maximum absolute atomic E-state index is 6.63. The SMILES string of the molecule is CCN1CCN(Cc2cnc(NC3SC(c4cc[n+](CCN5CCN(Cc6ccc(NC7SC(c8ccnc(OC9CCC%10(CC9)CC%10)n8)=CN7C)nc6)CC5)c(OC(C)C5CC5)n4)=CN3C)nc2)CC1. The van der Waals surface area contributed by atoms with E-state index in [1.165, 1.54) is 44.1 Å². The normalized spacial score (nSPS) is 23.7. The lowest BCUT2D eigenvalue weighted by Crippen LogP contribution is -2.50. The molecule has 3 atom stereocenters. The highest BCUT2D eigenvalue weighted by atomic mass is 32.2. The van der Waals surface area contributed by atoms with Crippen molar-refractivity contribution in [3.63, 3.8) is 0 Å². The van der Waals surface area contributed by atoms with Gasteiger partial charge < -0.3 is 34.8 Å². The van der Waals surface area contributed by atoms with Gasteiger partial charge in [-0.1, -0.05) is 36.5 Å². The fraction of sp³-hybridized carbons (Fsp3) is 0.596. The molecule has 3 aliphatic carbocycles. The van der Waals surface area contributed by atoms with Gasteiger partial charge in [0.05, 0.1) is 21.7 Å². The second kappa shape index (κ2) is 21.7. The topological polar surface area (TPSA) is 143 Å². The molecular formula is C52H72N15O2S2+. The zero-order chi connectivity index (χ0) is 48.3. The number of ether oxygens (including phenoxy) is 2. The first-order valence-corrected chi connectivity index (χ1v) is 27.9. The number of hydrogen-bond donors (Lipinski definition) is 2. The zero-order valence-corrected chi connectivity index (χ0v) is 43.7. The van der Waals surface area contributed by atoms with Gasteiger partial charge in [-0.05, 0) is 98.8 Å². The highest BCUT2D eigenvalue weighted by molar-refractivity contribution is 8.09. The Hall–Kier alpha value is -4.79. The van der Waals surface area contributed by atoms with Crippen molar-refractivity contribution in [2.24, 2.45) is 11.3 Å². The number of hydrogen-bond acceptors (Lipinski definition) is 18. The van der Waals surface area contributed by atoms with Crippen LogP contribution in [0.5, 0.6) is 12.0 Å². The Labute approximate surface area is 428 Å². The van der Waals surface area contributed by atoms with Gasteiger partial charge in [0.15, 0.2) is 16.7 Å². The van der Waals surface area contributed by atoms with Gasteiger partial charge in [0, 0.05) is 135 Å². The van der Waals surface area contributed by atoms with E-state index >= 15 is 0 Å². The first kappa shape index (κ1) is 48.5. The molecule has 4 aliphatic heterocycles. The monoisotopic (exact) mass is 1000 g/mol. The van der Waals surface area contributed by atoms with Gasteiger partial charge in [0.2, 0.25) is 5.95 Å². The highest BCUT2D eigenvalue weighted by Crippen LogP contribution is 2.56. The van der Waals surface area contributed by atoms with E-state index in [1.54, 1.807) is 23.5 Å². The summed E-state index contributed by atoms with van der Waals surface area (Å²) in [6.07, 6.45) is 24.6. The molecule has 0 aromatic carbocycles. The molecule has 19 heteroatoms. The van der Waals surface area contributed by atoms with Crippen LogP contribution in [0.4, 0.5) is 11.8 Å². The second-order valence-corrected chi connectivity index (χ2v) is 23.1. The number of piperazine rings is 2. The van der Waals surface area contributed by atoms with E-state index in [9.17, 15) is 0 Å². The largest absolute Gasteiger partial charge is 0.499 e. The summed E-state index contributed by atoms with van der Waals surface area (Å²) in [5, 5.41) is 7.14. The van der Waals surface area contributed by atoms with Crippen LogP contribution in [0, 0.1) is 11.3 Å². The third-order valence-corrected chi connectivity index (χ3v) is 18.1. The van der Waals surface area contributed by atoms with Gasteiger partial charge in [-0.15, -0.1) is 0 Å². The maximum atomic E-state index is 6.63. The number of anilines is 2. The van der Waals surface area contributed by atoms with Crippen molar-refractivity contribution in [3.05, 3.63) is 90.2 Å². The van der Waals surface area contributed by atoms with Gasteiger partial charge in [-0.3, -0.25) is 14.7 Å². The van der Waals surface area contributed by atoms with Crippen LogP contribution in [0.1, 0.15) is 87.7 Å². The lowest BCUT2D eigenvalue weighted by atomic mass is 9.85. The minimum Gasteiger partial charge on any atom is -0.460 e. The predicted octanol–water partition coefficient (Wildman–Crippen LogP) is 6.32. The number of thioether (sulfide) groups is 2. The van der Waals surface area contributed by atoms with Crippen molar-refractivity contribution >= 4 is 45.1 Å². The van der Waals surface area contributed by atoms with E-state index in [0.29, 0.717) is 29.3 Å². The molecule has 0 amide bonds. The van der Waals surface area contributed by atoms with Crippen LogP contribution in [-0.4, -0.2) is 162 Å². The van der Waals surface area contributed by atoms with Crippen LogP contribution in [0.25, 0.3) is 9.81 Å². The van der Waals surface area contributed by atoms with E-state index in [2.05, 4.69) is 114 Å². The smallest absolute Gasteiger partial charge is 0.460 e. The molecule has 4 aromatic rings. The summed E-state index contributed by atoms with van der Waals surface area (Å²) in [6.45, 7) is 17.6. The van der Waals surface area contributed by atoms with Gasteiger partial charge in [0.1, 0.15) is 24.6 Å². The lowest BCUT2D eigenvalue weighted by molar-refractivity contribution is -0.705. The van der Waals surface area contributed by atoms with Crippen LogP contribution < -0.4 is 24.7 Å². The minimum atomic E-state index is -0.0457. The van der Waals surface area contributed by atoms with E-state index in [0.717, 1.165) is 131 Å². The van der Waals surface area contributed by atoms with Gasteiger partial charge in [-0.2, -0.15) is 9.55 Å². The Morgan fingerprint density at radius 3 is 1.99 bits per heavy atom. The summed E-state index contributed by atoms with van der Waals surface area (Å²) >= 11 is 3.46. The molecule has 3 saturated carbocycles. The van der Waals surface area contributed by atoms with E-state index in [4.69, 9.17) is 34.4 Å². The molecule has 3 unspecified atom stereocenters. The molecule has 7 aliphatic rings. The summed E-state index contributed by atoms with van der Waals surface area (Å²) in [4.78, 5) is 45.3. The van der Waals surface area contributed by atoms with E-state index < -0.39 is 0 Å². The Bertz CT molecular complexity index is 2480. The first-order chi connectivity index (χ1) is 34.7. The minimum absolute atomic E-state index is 0.00815. The van der Waals surface area contributed by atoms with Crippen molar-refractivity contribution in [3.8, 4) is 12.0 Å². The maximum Gasteiger partial charge on any atom is 0.499 e. The number of pyridine rings is 1. The van der Waals surface area contributed by atoms with Crippen LogP contribution >= 0.6 is 23.5 Å². The predicted molar refractivity (Wildman–Crippen MR) is 281 cm³/mol. The molecule has 378 valence electrons. The molecule has 2 saturated heterocycles. The van der Waals surface area contributed by atoms with Gasteiger partial charge in [0.25, 0.3) is 0 Å². The van der Waals surface area contributed by atoms with E-state index in [1.807, 2.05) is 30.9 Å². The van der Waals surface area contributed by atoms with Gasteiger partial charge in [-0.25, -0.2) is 19.9 Å². The molecule has 11 rings (SSSR count). The summed E-state index contributed by atoms with van der Waals surface area (Å²) in [5.74, 6) is 2.09. The van der Waals surface area contributed by atoms with E-state index in [-0.39, 0.29) is 23.2 Å². The molecule has 2 N–H and O–H groups in total. The van der Waals surface area contributed by atoms with Crippen molar-refractivity contribution in [1.29, 1.82) is 0 Å². The first-order valence-electron chi connectivity index (χ1n) is 26.1. The Balaban J connectivity index is 0.627. The standard InChI is InChI=1S/C52H72N15O2S2/c1-5-63-20-24-66(25-21-63)34-39-31-55-47(56-32-39)60-51-62(4)36-45(71-51)43-13-19-67(49(58-43)68-37(2)40-7-8-40)29-28-64-22-26-65(27-23-64)33-38-6-9-46(54-30-38)59-50-61(3)35-44(70-50)42-12-18-53-48(57-42)69-41-10-14-52(15-11-41)16-17-52/h6,9,12-13,18-19,30-32,35-37,40-41,50-51H,5,7-8,10-11,14-17,20-29,33-34H2,1-4H3,(H,54,59)(H,55,56,60)/q+1. The van der Waals surface area contributed by atoms with Crippen LogP contribution in [0.2, 0.25) is 0 Å². The lowest BCUT2D eigenvalue weighted by Gasteiger charge is -2.34. The quantitative estimate of drug-likeness (QED) is 0.101. The van der Waals surface area contributed by atoms with Crippen molar-refractivity contribution in [2.75, 3.05) is 90.2 Å². The van der Waals surface area contributed by atoms with Crippen molar-refractivity contribution in [2.45, 2.75) is 108 Å². The number of likely N-dealkylation sites (N-methyl/N-ethyl adjacent to an activating group) is 1. The average Bonchev–Trinajstić information content (AvgIpc) is 4.32. The molecule has 5 fully saturated rings. The van der Waals surface area contributed by atoms with Crippen LogP contribution in [0.3, 0.4) is 0 Å². The van der Waals surface area contributed by atoms with Gasteiger partial charge >= 0.3 is 12.0 Å². The molecule has 1 spiro atoms. The summed E-state index contributed by atoms with van der Waals surface area (Å²) < 4.78 is 15.1. The Morgan fingerprint density at radius 1 is 0.704 bits per heavy atom. The zero-order valence-electron chi connectivity index (χ0n) is 42.0. The fourth-order valence-corrected chi connectivity index (χ4v) is 12.6. The molecule has 17 nitrogen and oxygen atoms in total. The number of rotatable bonds is 19. The third-order valence-electron chi connectivity index (χ3n) is 15.6. The summed E-state index contributed by atoms with van der Waals surface area (Å²) in [5.41, 5.74) is 4.78. The summed E-state index contributed by atoms with van der Waals surface area (Å²) in [6, 6.07) is 9.60. The molecule has 71 heavy (non-hydrogen) atoms. The van der Waals surface area contributed by atoms with Crippen LogP contribution in [0.15, 0.2) is 67.6 Å². The molecule has 0 bridgehead atoms. The Kier molecular flexibility index (Phi) is 14.8. The highest BCUT2D eigenvalue weighted by Gasteiger charge is 2.45. The van der Waals surface area contributed by atoms with Crippen LogP contribution in [-0.2, 0) is 19.6 Å². The van der Waals surface area contributed by atoms with Crippen molar-refractivity contribution in [1.82, 2.24) is 59.3 Å². The Morgan fingerprint density at radius 2 is 1.34 bits per heavy atom. The third kappa shape index (κ3) is 12.4. The fourth-order valence-electron chi connectivity index (χ4n) is 10.4. The molecular weight excluding hydrogens is 931 g/mol. The summed E-state index contributed by atoms with van der Waals surface area (Å²) in [7, 11) is 4.17. The van der Waals surface area contributed by atoms with Crippen molar-refractivity contribution < 1.29 is 14.0 Å². The second-order valence-electron chi connectivity index (χ2n) is 20.8. The number of aromatic nitrogens is 7. The molecule has 0 radical (unpaired) electrons. The molecule has 4 aromatic heterocycles.